The molecule has 0 spiro atoms. The van der Waals surface area contributed by atoms with E-state index in [1.54, 1.807) is 0 Å². The number of nitrogens with zero attached hydrogens (tertiary/aromatic N) is 2. The van der Waals surface area contributed by atoms with Crippen molar-refractivity contribution in [3.63, 3.8) is 0 Å². The molecule has 3 rings (SSSR count). The Bertz CT molecular complexity index is 613. The zero-order chi connectivity index (χ0) is 13.8. The summed E-state index contributed by atoms with van der Waals surface area (Å²) >= 11 is 0. The number of para-hydroxylation sites is 1. The van der Waals surface area contributed by atoms with Crippen LogP contribution in [0.15, 0.2) is 54.6 Å². The molecule has 0 aliphatic heterocycles. The number of fused-ring (bicyclic) bond motifs is 1. The van der Waals surface area contributed by atoms with Crippen LogP contribution >= 0.6 is 0 Å². The van der Waals surface area contributed by atoms with Crippen LogP contribution in [0.2, 0.25) is 0 Å². The molecule has 0 bridgehead atoms. The van der Waals surface area contributed by atoms with E-state index in [9.17, 15) is 0 Å². The third-order valence-corrected chi connectivity index (χ3v) is 4.02. The molecular formula is C18H18N2. The minimum atomic E-state index is 0.573. The van der Waals surface area contributed by atoms with Gasteiger partial charge in [-0.2, -0.15) is 5.26 Å². The Hall–Kier alpha value is -2.27. The molecule has 2 aromatic rings. The maximum atomic E-state index is 8.85. The number of hydrogen-bond acceptors (Lipinski definition) is 2. The third kappa shape index (κ3) is 2.53. The van der Waals surface area contributed by atoms with Gasteiger partial charge in [-0.3, -0.25) is 0 Å². The van der Waals surface area contributed by atoms with Gasteiger partial charge in [0.05, 0.1) is 12.5 Å². The maximum Gasteiger partial charge on any atom is 0.0640 e. The molecule has 20 heavy (non-hydrogen) atoms. The van der Waals surface area contributed by atoms with Crippen molar-refractivity contribution >= 4 is 5.69 Å². The topological polar surface area (TPSA) is 27.0 Å². The number of hydrogen-bond donors (Lipinski definition) is 0. The van der Waals surface area contributed by atoms with Crippen LogP contribution in [0.4, 0.5) is 5.69 Å². The van der Waals surface area contributed by atoms with E-state index in [1.807, 2.05) is 6.07 Å². The molecule has 1 aliphatic carbocycles. The Morgan fingerprint density at radius 2 is 1.80 bits per heavy atom. The summed E-state index contributed by atoms with van der Waals surface area (Å²) in [6, 6.07) is 21.3. The highest BCUT2D eigenvalue weighted by Gasteiger charge is 2.27. The maximum absolute atomic E-state index is 8.85. The largest absolute Gasteiger partial charge is 0.370 e. The summed E-state index contributed by atoms with van der Waals surface area (Å²) < 4.78 is 0. The normalized spacial score (nSPS) is 15.8. The highest BCUT2D eigenvalue weighted by molar-refractivity contribution is 5.49. The van der Waals surface area contributed by atoms with Gasteiger partial charge in [0, 0.05) is 24.7 Å². The van der Waals surface area contributed by atoms with Crippen LogP contribution in [-0.4, -0.2) is 13.1 Å². The van der Waals surface area contributed by atoms with Gasteiger partial charge in [-0.05, 0) is 29.7 Å². The van der Waals surface area contributed by atoms with Gasteiger partial charge in [-0.1, -0.05) is 42.5 Å². The molecule has 0 N–H and O–H groups in total. The highest BCUT2D eigenvalue weighted by atomic mass is 15.1. The number of rotatable bonds is 5. The molecule has 0 saturated heterocycles. The predicted molar refractivity (Wildman–Crippen MR) is 81.8 cm³/mol. The van der Waals surface area contributed by atoms with Crippen LogP contribution in [-0.2, 0) is 6.42 Å². The first-order valence-electron chi connectivity index (χ1n) is 7.13. The van der Waals surface area contributed by atoms with Gasteiger partial charge in [-0.15, -0.1) is 0 Å². The van der Waals surface area contributed by atoms with E-state index in [0.717, 1.165) is 19.5 Å². The quantitative estimate of drug-likeness (QED) is 0.820. The van der Waals surface area contributed by atoms with E-state index in [1.165, 1.54) is 16.8 Å². The third-order valence-electron chi connectivity index (χ3n) is 4.02. The second-order valence-corrected chi connectivity index (χ2v) is 5.29. The molecule has 0 saturated carbocycles. The molecule has 0 heterocycles. The van der Waals surface area contributed by atoms with Crippen molar-refractivity contribution in [1.29, 1.82) is 5.26 Å². The van der Waals surface area contributed by atoms with Crippen molar-refractivity contribution in [2.24, 2.45) is 0 Å². The van der Waals surface area contributed by atoms with Crippen LogP contribution in [0.5, 0.6) is 0 Å². The van der Waals surface area contributed by atoms with Crippen LogP contribution < -0.4 is 4.90 Å². The summed E-state index contributed by atoms with van der Waals surface area (Å²) in [4.78, 5) is 2.34. The average Bonchev–Trinajstić information content (AvgIpc) is 2.49. The lowest BCUT2D eigenvalue weighted by atomic mass is 9.77. The first-order valence-corrected chi connectivity index (χ1v) is 7.13. The van der Waals surface area contributed by atoms with E-state index < -0.39 is 0 Å². The zero-order valence-corrected chi connectivity index (χ0v) is 11.5. The molecule has 0 fully saturated rings. The fourth-order valence-corrected chi connectivity index (χ4v) is 2.94. The summed E-state index contributed by atoms with van der Waals surface area (Å²) in [5, 5.41) is 8.85. The van der Waals surface area contributed by atoms with Crippen LogP contribution in [0, 0.1) is 11.3 Å². The summed E-state index contributed by atoms with van der Waals surface area (Å²) in [5.41, 5.74) is 4.17. The van der Waals surface area contributed by atoms with Gasteiger partial charge >= 0.3 is 0 Å². The summed E-state index contributed by atoms with van der Waals surface area (Å²) in [6.07, 6.45) is 1.73. The SMILES string of the molecule is N#CCCN(CC1Cc2ccccc21)c1ccccc1. The molecule has 0 amide bonds. The van der Waals surface area contributed by atoms with Gasteiger partial charge in [0.15, 0.2) is 0 Å². The smallest absolute Gasteiger partial charge is 0.0640 e. The lowest BCUT2D eigenvalue weighted by Gasteiger charge is -2.35. The van der Waals surface area contributed by atoms with Gasteiger partial charge in [0.1, 0.15) is 0 Å². The molecule has 1 atom stereocenters. The summed E-state index contributed by atoms with van der Waals surface area (Å²) in [6.45, 7) is 1.81. The highest BCUT2D eigenvalue weighted by Crippen LogP contribution is 2.36. The van der Waals surface area contributed by atoms with Gasteiger partial charge in [0.2, 0.25) is 0 Å². The number of benzene rings is 2. The number of nitriles is 1. The van der Waals surface area contributed by atoms with E-state index in [-0.39, 0.29) is 0 Å². The Labute approximate surface area is 120 Å². The standard InChI is InChI=1S/C18H18N2/c19-11-6-12-20(17-8-2-1-3-9-17)14-16-13-15-7-4-5-10-18(15)16/h1-5,7-10,16H,6,12-14H2. The lowest BCUT2D eigenvalue weighted by molar-refractivity contribution is 0.583. The summed E-state index contributed by atoms with van der Waals surface area (Å²) in [5.74, 6) is 0.602. The van der Waals surface area contributed by atoms with Crippen molar-refractivity contribution in [2.75, 3.05) is 18.0 Å². The molecule has 2 nitrogen and oxygen atoms in total. The minimum Gasteiger partial charge on any atom is -0.370 e. The monoisotopic (exact) mass is 262 g/mol. The van der Waals surface area contributed by atoms with Crippen molar-refractivity contribution in [3.8, 4) is 6.07 Å². The van der Waals surface area contributed by atoms with Crippen molar-refractivity contribution in [3.05, 3.63) is 65.7 Å². The van der Waals surface area contributed by atoms with E-state index in [4.69, 9.17) is 5.26 Å². The Balaban J connectivity index is 1.74. The minimum absolute atomic E-state index is 0.573. The molecule has 1 unspecified atom stereocenters. The van der Waals surface area contributed by atoms with E-state index >= 15 is 0 Å². The fourth-order valence-electron chi connectivity index (χ4n) is 2.94. The Kier molecular flexibility index (Phi) is 3.69. The van der Waals surface area contributed by atoms with E-state index in [2.05, 4.69) is 59.5 Å². The molecular weight excluding hydrogens is 244 g/mol. The predicted octanol–water partition coefficient (Wildman–Crippen LogP) is 3.75. The first kappa shape index (κ1) is 12.7. The van der Waals surface area contributed by atoms with Gasteiger partial charge < -0.3 is 4.90 Å². The van der Waals surface area contributed by atoms with Crippen molar-refractivity contribution in [1.82, 2.24) is 0 Å². The first-order chi connectivity index (χ1) is 9.88. The molecule has 0 aromatic heterocycles. The second-order valence-electron chi connectivity index (χ2n) is 5.29. The van der Waals surface area contributed by atoms with Crippen LogP contribution in [0.25, 0.3) is 0 Å². The van der Waals surface area contributed by atoms with Crippen LogP contribution in [0.3, 0.4) is 0 Å². The Morgan fingerprint density at radius 3 is 2.55 bits per heavy atom. The molecule has 1 aliphatic rings. The summed E-state index contributed by atoms with van der Waals surface area (Å²) in [7, 11) is 0. The molecule has 100 valence electrons. The van der Waals surface area contributed by atoms with Gasteiger partial charge in [0.25, 0.3) is 0 Å². The molecule has 0 radical (unpaired) electrons. The molecule has 2 heteroatoms. The second kappa shape index (κ2) is 5.79. The average molecular weight is 262 g/mol. The van der Waals surface area contributed by atoms with E-state index in [0.29, 0.717) is 12.3 Å². The zero-order valence-electron chi connectivity index (χ0n) is 11.5. The molecule has 2 aromatic carbocycles. The van der Waals surface area contributed by atoms with Crippen LogP contribution in [0.1, 0.15) is 23.5 Å². The number of anilines is 1. The Morgan fingerprint density at radius 1 is 1.05 bits per heavy atom. The lowest BCUT2D eigenvalue weighted by Crippen LogP contribution is -2.34. The van der Waals surface area contributed by atoms with Gasteiger partial charge in [-0.25, -0.2) is 0 Å². The van der Waals surface area contributed by atoms with Crippen molar-refractivity contribution in [2.45, 2.75) is 18.8 Å². The fraction of sp³-hybridized carbons (Fsp3) is 0.278. The van der Waals surface area contributed by atoms with Crippen molar-refractivity contribution < 1.29 is 0 Å².